The Bertz CT molecular complexity index is 1040. The van der Waals surface area contributed by atoms with Gasteiger partial charge in [-0.3, -0.25) is 9.69 Å². The summed E-state index contributed by atoms with van der Waals surface area (Å²) in [7, 11) is 1.50. The summed E-state index contributed by atoms with van der Waals surface area (Å²) in [6.45, 7) is 6.09. The topological polar surface area (TPSA) is 82.5 Å². The van der Waals surface area contributed by atoms with Gasteiger partial charge in [0.15, 0.2) is 0 Å². The van der Waals surface area contributed by atoms with Crippen molar-refractivity contribution in [1.82, 2.24) is 9.80 Å². The van der Waals surface area contributed by atoms with Crippen LogP contribution in [0.5, 0.6) is 5.75 Å². The first-order valence-corrected chi connectivity index (χ1v) is 13.4. The zero-order chi connectivity index (χ0) is 26.5. The van der Waals surface area contributed by atoms with Gasteiger partial charge in [0.2, 0.25) is 5.91 Å². The van der Waals surface area contributed by atoms with Crippen molar-refractivity contribution < 1.29 is 24.5 Å². The lowest BCUT2D eigenvalue weighted by atomic mass is 9.76. The number of carbonyl (C=O) groups excluding carboxylic acids is 1. The van der Waals surface area contributed by atoms with Gasteiger partial charge in [0.25, 0.3) is 0 Å². The van der Waals surface area contributed by atoms with Crippen molar-refractivity contribution in [1.29, 1.82) is 0 Å². The maximum absolute atomic E-state index is 12.7. The summed E-state index contributed by atoms with van der Waals surface area (Å²) < 4.78 is 11.1. The Morgan fingerprint density at radius 1 is 0.973 bits per heavy atom. The molecule has 1 saturated carbocycles. The second-order valence-electron chi connectivity index (χ2n) is 11.1. The molecular formula is C30H42N2O5. The molecule has 2 aromatic rings. The third kappa shape index (κ3) is 7.32. The molecule has 2 N–H and O–H groups in total. The van der Waals surface area contributed by atoms with E-state index in [4.69, 9.17) is 9.47 Å². The summed E-state index contributed by atoms with van der Waals surface area (Å²) in [4.78, 5) is 16.5. The van der Waals surface area contributed by atoms with E-state index in [9.17, 15) is 15.0 Å². The number of aliphatic hydroxyl groups is 2. The van der Waals surface area contributed by atoms with Crippen LogP contribution in [0.15, 0.2) is 48.5 Å². The molecule has 2 aromatic carbocycles. The van der Waals surface area contributed by atoms with Gasteiger partial charge in [-0.25, -0.2) is 0 Å². The maximum Gasteiger partial charge on any atom is 0.248 e. The number of β-amino-alcohol motifs (C(OH)–C–C–N with tert-alkyl or cyclic N) is 2. The monoisotopic (exact) mass is 510 g/mol. The molecule has 0 radical (unpaired) electrons. The van der Waals surface area contributed by atoms with Crippen molar-refractivity contribution in [3.8, 4) is 5.75 Å². The second kappa shape index (κ2) is 11.9. The molecule has 0 aromatic heterocycles. The lowest BCUT2D eigenvalue weighted by Crippen LogP contribution is -2.54. The van der Waals surface area contributed by atoms with Gasteiger partial charge in [-0.1, -0.05) is 36.4 Å². The lowest BCUT2D eigenvalue weighted by Gasteiger charge is -2.40. The van der Waals surface area contributed by atoms with Crippen LogP contribution in [-0.2, 0) is 9.53 Å². The molecule has 0 unspecified atom stereocenters. The highest BCUT2D eigenvalue weighted by molar-refractivity contribution is 5.77. The van der Waals surface area contributed by atoms with Gasteiger partial charge < -0.3 is 24.6 Å². The number of amides is 1. The Balaban J connectivity index is 1.43. The fourth-order valence-electron chi connectivity index (χ4n) is 5.71. The number of aryl methyl sites for hydroxylation is 2. The normalized spacial score (nSPS) is 27.1. The first kappa shape index (κ1) is 27.6. The van der Waals surface area contributed by atoms with Crippen LogP contribution in [-0.4, -0.2) is 90.2 Å². The van der Waals surface area contributed by atoms with E-state index in [1.54, 1.807) is 4.90 Å². The standard InChI is InChI=1S/C30H42N2O5/c1-23-9-10-27(17-24(23)2)37-22-30(35)20-31(15-16-32(21-30)28(33)18-36-3)19-29(34)13-11-26(12-14-29)25-7-5-4-6-8-25/h4-10,17,26,34-35H,11-16,18-22H2,1-3H3/t26?,29?,30-/m1/s1. The first-order valence-electron chi connectivity index (χ1n) is 13.4. The summed E-state index contributed by atoms with van der Waals surface area (Å²) in [5.74, 6) is 1.01. The highest BCUT2D eigenvalue weighted by Gasteiger charge is 2.41. The number of hydrogen-bond acceptors (Lipinski definition) is 6. The molecule has 1 saturated heterocycles. The van der Waals surface area contributed by atoms with E-state index >= 15 is 0 Å². The number of hydrogen-bond donors (Lipinski definition) is 2. The largest absolute Gasteiger partial charge is 0.490 e. The van der Waals surface area contributed by atoms with Crippen molar-refractivity contribution in [3.63, 3.8) is 0 Å². The minimum absolute atomic E-state index is 0.0289. The second-order valence-corrected chi connectivity index (χ2v) is 11.1. The Kier molecular flexibility index (Phi) is 8.90. The molecule has 1 heterocycles. The minimum atomic E-state index is -1.28. The van der Waals surface area contributed by atoms with Crippen LogP contribution in [0, 0.1) is 13.8 Å². The number of carbonyl (C=O) groups is 1. The smallest absolute Gasteiger partial charge is 0.248 e. The van der Waals surface area contributed by atoms with Crippen molar-refractivity contribution >= 4 is 5.91 Å². The van der Waals surface area contributed by atoms with Gasteiger partial charge in [-0.2, -0.15) is 0 Å². The third-order valence-corrected chi connectivity index (χ3v) is 8.00. The fraction of sp³-hybridized carbons (Fsp3) is 0.567. The van der Waals surface area contributed by atoms with Crippen LogP contribution < -0.4 is 4.74 Å². The molecule has 4 rings (SSSR count). The van der Waals surface area contributed by atoms with Gasteiger partial charge in [0.1, 0.15) is 24.6 Å². The van der Waals surface area contributed by atoms with E-state index in [-0.39, 0.29) is 25.7 Å². The van der Waals surface area contributed by atoms with E-state index in [0.29, 0.717) is 50.7 Å². The fourth-order valence-corrected chi connectivity index (χ4v) is 5.71. The average Bonchev–Trinajstić information content (AvgIpc) is 3.04. The van der Waals surface area contributed by atoms with Crippen LogP contribution in [0.25, 0.3) is 0 Å². The van der Waals surface area contributed by atoms with Gasteiger partial charge in [0.05, 0.1) is 12.1 Å². The summed E-state index contributed by atoms with van der Waals surface area (Å²) in [6.07, 6.45) is 3.31. The first-order chi connectivity index (χ1) is 17.7. The summed E-state index contributed by atoms with van der Waals surface area (Å²) in [6, 6.07) is 16.4. The zero-order valence-electron chi connectivity index (χ0n) is 22.5. The van der Waals surface area contributed by atoms with E-state index in [2.05, 4.69) is 29.2 Å². The highest BCUT2D eigenvalue weighted by Crippen LogP contribution is 2.38. The number of nitrogens with zero attached hydrogens (tertiary/aromatic N) is 2. The van der Waals surface area contributed by atoms with Crippen LogP contribution in [0.3, 0.4) is 0 Å². The molecule has 1 atom stereocenters. The SMILES string of the molecule is COCC(=O)N1CCN(CC2(O)CCC(c3ccccc3)CC2)C[C@](O)(COc2ccc(C)c(C)c2)C1. The van der Waals surface area contributed by atoms with Gasteiger partial charge in [-0.15, -0.1) is 0 Å². The van der Waals surface area contributed by atoms with Gasteiger partial charge in [0, 0.05) is 33.3 Å². The van der Waals surface area contributed by atoms with Crippen molar-refractivity contribution in [3.05, 3.63) is 65.2 Å². The molecule has 0 bridgehead atoms. The van der Waals surface area contributed by atoms with E-state index < -0.39 is 11.2 Å². The molecule has 1 amide bonds. The third-order valence-electron chi connectivity index (χ3n) is 8.00. The molecule has 1 aliphatic carbocycles. The predicted molar refractivity (Wildman–Crippen MR) is 144 cm³/mol. The maximum atomic E-state index is 12.7. The van der Waals surface area contributed by atoms with Gasteiger partial charge in [-0.05, 0) is 74.3 Å². The molecule has 202 valence electrons. The van der Waals surface area contributed by atoms with Crippen molar-refractivity contribution in [2.24, 2.45) is 0 Å². The van der Waals surface area contributed by atoms with Crippen LogP contribution in [0.4, 0.5) is 0 Å². The molecule has 0 spiro atoms. The molecule has 1 aliphatic heterocycles. The number of ether oxygens (including phenoxy) is 2. The zero-order valence-corrected chi connectivity index (χ0v) is 22.5. The average molecular weight is 511 g/mol. The Morgan fingerprint density at radius 2 is 1.70 bits per heavy atom. The minimum Gasteiger partial charge on any atom is -0.490 e. The number of benzene rings is 2. The Labute approximate surface area is 221 Å². The molecule has 7 heteroatoms. The molecular weight excluding hydrogens is 468 g/mol. The molecule has 37 heavy (non-hydrogen) atoms. The summed E-state index contributed by atoms with van der Waals surface area (Å²) >= 11 is 0. The lowest BCUT2D eigenvalue weighted by molar-refractivity contribution is -0.138. The summed E-state index contributed by atoms with van der Waals surface area (Å²) in [5.41, 5.74) is 1.54. The van der Waals surface area contributed by atoms with Crippen LogP contribution in [0.1, 0.15) is 48.3 Å². The van der Waals surface area contributed by atoms with Crippen molar-refractivity contribution in [2.45, 2.75) is 56.7 Å². The molecule has 2 fully saturated rings. The van der Waals surface area contributed by atoms with E-state index in [0.717, 1.165) is 18.4 Å². The van der Waals surface area contributed by atoms with E-state index in [1.165, 1.54) is 18.2 Å². The van der Waals surface area contributed by atoms with Gasteiger partial charge >= 0.3 is 0 Å². The molecule has 7 nitrogen and oxygen atoms in total. The van der Waals surface area contributed by atoms with Crippen LogP contribution in [0.2, 0.25) is 0 Å². The predicted octanol–water partition coefficient (Wildman–Crippen LogP) is 3.29. The highest BCUT2D eigenvalue weighted by atomic mass is 16.5. The number of methoxy groups -OCH3 is 1. The van der Waals surface area contributed by atoms with Crippen molar-refractivity contribution in [2.75, 3.05) is 53.0 Å². The number of rotatable bonds is 8. The Hall–Kier alpha value is -2.45. The van der Waals surface area contributed by atoms with Crippen LogP contribution >= 0.6 is 0 Å². The molecule has 2 aliphatic rings. The Morgan fingerprint density at radius 3 is 2.38 bits per heavy atom. The quantitative estimate of drug-likeness (QED) is 0.567. The summed E-state index contributed by atoms with van der Waals surface area (Å²) in [5, 5.41) is 23.2. The van der Waals surface area contributed by atoms with E-state index in [1.807, 2.05) is 38.1 Å².